The lowest BCUT2D eigenvalue weighted by Gasteiger charge is -2.41. The third-order valence-corrected chi connectivity index (χ3v) is 8.91. The van der Waals surface area contributed by atoms with E-state index < -0.39 is 18.0 Å². The number of fused-ring (bicyclic) bond motifs is 1. The van der Waals surface area contributed by atoms with Gasteiger partial charge in [-0.05, 0) is 44.1 Å². The van der Waals surface area contributed by atoms with Crippen molar-refractivity contribution in [2.45, 2.75) is 57.6 Å². The third-order valence-electron chi connectivity index (χ3n) is 8.91. The van der Waals surface area contributed by atoms with Gasteiger partial charge >= 0.3 is 12.1 Å². The number of aromatic hydroxyl groups is 1. The molecular weight excluding hydrogens is 577 g/mol. The second kappa shape index (κ2) is 13.7. The molecule has 2 aromatic carbocycles. The molecule has 0 aliphatic carbocycles. The molecule has 0 saturated carbocycles. The monoisotopic (exact) mass is 615 g/mol. The van der Waals surface area contributed by atoms with Crippen LogP contribution in [0.5, 0.6) is 11.8 Å². The fourth-order valence-corrected chi connectivity index (χ4v) is 6.38. The van der Waals surface area contributed by atoms with Gasteiger partial charge in [-0.15, -0.1) is 0 Å². The molecule has 11 nitrogen and oxygen atoms in total. The molecule has 1 aromatic heterocycles. The quantitative estimate of drug-likeness (QED) is 0.378. The Bertz CT molecular complexity index is 1530. The van der Waals surface area contributed by atoms with E-state index in [4.69, 9.17) is 19.4 Å². The Morgan fingerprint density at radius 2 is 1.93 bits per heavy atom. The minimum absolute atomic E-state index is 0.0865. The van der Waals surface area contributed by atoms with Crippen LogP contribution in [-0.2, 0) is 31.0 Å². The van der Waals surface area contributed by atoms with Crippen LogP contribution in [0.2, 0.25) is 0 Å². The average Bonchev–Trinajstić information content (AvgIpc) is 3.66. The number of hydrogen-bond donors (Lipinski definition) is 1. The van der Waals surface area contributed by atoms with Crippen LogP contribution in [0.1, 0.15) is 41.6 Å². The van der Waals surface area contributed by atoms with Crippen LogP contribution in [-0.4, -0.2) is 87.8 Å². The molecule has 4 heterocycles. The molecule has 6 rings (SSSR count). The van der Waals surface area contributed by atoms with Crippen LogP contribution < -0.4 is 9.64 Å². The third kappa shape index (κ3) is 6.95. The number of carbonyl (C=O) groups excluding carboxylic acids is 1. The van der Waals surface area contributed by atoms with E-state index in [1.54, 1.807) is 4.90 Å². The van der Waals surface area contributed by atoms with Crippen molar-refractivity contribution in [2.75, 3.05) is 44.7 Å². The number of rotatable bonds is 9. The number of halogens is 1. The second-order valence-electron chi connectivity index (χ2n) is 11.9. The lowest BCUT2D eigenvalue weighted by atomic mass is 10.1. The van der Waals surface area contributed by atoms with Crippen molar-refractivity contribution in [2.24, 2.45) is 0 Å². The predicted octanol–water partition coefficient (Wildman–Crippen LogP) is 4.05. The highest BCUT2D eigenvalue weighted by Gasteiger charge is 2.36. The fraction of sp³-hybridized carbons (Fsp3) is 0.455. The normalized spacial score (nSPS) is 20.2. The Labute approximate surface area is 262 Å². The van der Waals surface area contributed by atoms with Crippen LogP contribution in [0.4, 0.5) is 15.0 Å². The van der Waals surface area contributed by atoms with E-state index in [1.807, 2.05) is 35.2 Å². The molecule has 45 heavy (non-hydrogen) atoms. The molecule has 236 valence electrons. The molecule has 12 heteroatoms. The molecule has 3 aliphatic heterocycles. The van der Waals surface area contributed by atoms with Crippen LogP contribution in [0.25, 0.3) is 0 Å². The molecular formula is C33H38FN7O4. The van der Waals surface area contributed by atoms with E-state index in [9.17, 15) is 19.6 Å². The number of carbonyl (C=O) groups is 1. The van der Waals surface area contributed by atoms with Crippen molar-refractivity contribution in [3.05, 3.63) is 76.7 Å². The van der Waals surface area contributed by atoms with E-state index >= 15 is 0 Å². The molecule has 0 bridgehead atoms. The Balaban J connectivity index is 1.22. The minimum Gasteiger partial charge on any atom is -0.508 e. The van der Waals surface area contributed by atoms with E-state index in [2.05, 4.69) is 22.9 Å². The number of nitrogens with zero attached hydrogens (tertiary/aromatic N) is 7. The van der Waals surface area contributed by atoms with E-state index in [0.717, 1.165) is 36.2 Å². The molecule has 0 unspecified atom stereocenters. The number of hydrogen-bond acceptors (Lipinski definition) is 10. The van der Waals surface area contributed by atoms with Gasteiger partial charge in [-0.25, -0.2) is 9.18 Å². The lowest BCUT2D eigenvalue weighted by Crippen LogP contribution is -2.55. The zero-order chi connectivity index (χ0) is 31.3. The van der Waals surface area contributed by atoms with Gasteiger partial charge in [0.1, 0.15) is 30.6 Å². The highest BCUT2D eigenvalue weighted by atomic mass is 19.1. The van der Waals surface area contributed by atoms with Crippen molar-refractivity contribution in [3.8, 4) is 17.8 Å². The van der Waals surface area contributed by atoms with Gasteiger partial charge in [0.15, 0.2) is 0 Å². The standard InChI is InChI=1S/C33H38FN7O4/c1-38-14-6-9-25(38)22-44-32-36-29-20-39(18-26-28(34)10-5-11-30(26)42)19-27(29)31(37-32)40-15-16-41(24(17-40)12-13-35)33(43)45-21-23-7-3-2-4-8-23/h2-5,7-8,10-11,24-25,42H,6,9,12,14-22H2,1H3/t24-,25-/m0/s1. The van der Waals surface area contributed by atoms with Crippen molar-refractivity contribution < 1.29 is 23.8 Å². The summed E-state index contributed by atoms with van der Waals surface area (Å²) < 4.78 is 26.4. The molecule has 2 saturated heterocycles. The van der Waals surface area contributed by atoms with Gasteiger partial charge in [0.05, 0.1) is 24.2 Å². The van der Waals surface area contributed by atoms with Crippen LogP contribution in [0.3, 0.4) is 0 Å². The summed E-state index contributed by atoms with van der Waals surface area (Å²) in [5.74, 6) is 0.142. The average molecular weight is 616 g/mol. The molecule has 2 fully saturated rings. The van der Waals surface area contributed by atoms with Gasteiger partial charge in [0, 0.05) is 56.4 Å². The van der Waals surface area contributed by atoms with Gasteiger partial charge < -0.3 is 29.3 Å². The number of benzene rings is 2. The van der Waals surface area contributed by atoms with Gasteiger partial charge in [-0.1, -0.05) is 36.4 Å². The Morgan fingerprint density at radius 1 is 1.09 bits per heavy atom. The van der Waals surface area contributed by atoms with Crippen molar-refractivity contribution in [1.82, 2.24) is 24.7 Å². The van der Waals surface area contributed by atoms with Crippen LogP contribution in [0.15, 0.2) is 48.5 Å². The highest BCUT2D eigenvalue weighted by molar-refractivity contribution is 5.69. The van der Waals surface area contributed by atoms with Gasteiger partial charge in [-0.3, -0.25) is 4.90 Å². The first-order chi connectivity index (χ1) is 21.9. The number of anilines is 1. The smallest absolute Gasteiger partial charge is 0.410 e. The first kappa shape index (κ1) is 30.6. The van der Waals surface area contributed by atoms with Crippen molar-refractivity contribution in [3.63, 3.8) is 0 Å². The lowest BCUT2D eigenvalue weighted by molar-refractivity contribution is 0.0767. The Morgan fingerprint density at radius 3 is 2.69 bits per heavy atom. The first-order valence-corrected chi connectivity index (χ1v) is 15.4. The molecule has 0 radical (unpaired) electrons. The summed E-state index contributed by atoms with van der Waals surface area (Å²) in [6.07, 6.45) is 1.86. The van der Waals surface area contributed by atoms with E-state index in [-0.39, 0.29) is 42.9 Å². The minimum atomic E-state index is -0.461. The van der Waals surface area contributed by atoms with Gasteiger partial charge in [0.2, 0.25) is 0 Å². The number of ether oxygens (including phenoxy) is 2. The Hall–Kier alpha value is -4.47. The van der Waals surface area contributed by atoms with Crippen molar-refractivity contribution in [1.29, 1.82) is 5.26 Å². The number of nitriles is 1. The second-order valence-corrected chi connectivity index (χ2v) is 11.9. The highest BCUT2D eigenvalue weighted by Crippen LogP contribution is 2.35. The van der Waals surface area contributed by atoms with E-state index in [0.29, 0.717) is 45.1 Å². The largest absolute Gasteiger partial charge is 0.508 e. The summed E-state index contributed by atoms with van der Waals surface area (Å²) in [5, 5.41) is 20.0. The number of phenolic OH excluding ortho intramolecular Hbond substituents is 1. The van der Waals surface area contributed by atoms with Crippen molar-refractivity contribution >= 4 is 11.9 Å². The summed E-state index contributed by atoms with van der Waals surface area (Å²) in [7, 11) is 2.09. The zero-order valence-electron chi connectivity index (χ0n) is 25.4. The molecule has 2 atom stereocenters. The fourth-order valence-electron chi connectivity index (χ4n) is 6.38. The topological polar surface area (TPSA) is 118 Å². The summed E-state index contributed by atoms with van der Waals surface area (Å²) in [4.78, 5) is 30.8. The summed E-state index contributed by atoms with van der Waals surface area (Å²) in [6, 6.07) is 16.2. The number of aromatic nitrogens is 2. The number of likely N-dealkylation sites (N-methyl/N-ethyl adjacent to an activating group) is 1. The summed E-state index contributed by atoms with van der Waals surface area (Å²) in [5.41, 5.74) is 2.80. The maximum Gasteiger partial charge on any atom is 0.410 e. The predicted molar refractivity (Wildman–Crippen MR) is 164 cm³/mol. The van der Waals surface area contributed by atoms with Gasteiger partial charge in [0.25, 0.3) is 0 Å². The maximum absolute atomic E-state index is 14.6. The number of amides is 1. The number of piperazine rings is 1. The molecule has 1 N–H and O–H groups in total. The van der Waals surface area contributed by atoms with Crippen LogP contribution >= 0.6 is 0 Å². The first-order valence-electron chi connectivity index (χ1n) is 15.4. The Kier molecular flexibility index (Phi) is 9.28. The van der Waals surface area contributed by atoms with E-state index in [1.165, 1.54) is 18.2 Å². The summed E-state index contributed by atoms with van der Waals surface area (Å²) in [6.45, 7) is 3.96. The molecule has 3 aliphatic rings. The number of likely N-dealkylation sites (tertiary alicyclic amines) is 1. The van der Waals surface area contributed by atoms with Gasteiger partial charge in [-0.2, -0.15) is 15.2 Å². The summed E-state index contributed by atoms with van der Waals surface area (Å²) >= 11 is 0. The zero-order valence-corrected chi connectivity index (χ0v) is 25.4. The number of phenols is 1. The molecule has 0 spiro atoms. The molecule has 3 aromatic rings. The van der Waals surface area contributed by atoms with Crippen LogP contribution in [0, 0.1) is 17.1 Å². The molecule has 1 amide bonds. The maximum atomic E-state index is 14.6. The SMILES string of the molecule is CN1CCC[C@H]1COc1nc2c(c(N3CCN(C(=O)OCc4ccccc4)[C@@H](CC#N)C3)n1)CN(Cc1c(O)cccc1F)C2.